The molecule has 2 heterocycles. The topological polar surface area (TPSA) is 184 Å². The SMILES string of the molecule is CCOC(=O)[C@H](Cc1ccccc1)NP(=O)(OC[C@H]1O[C@@H](n2cc(/C=C/C(=O)OC)c(=O)[nH]c2=O)C[C@@H]1O)Oc1ccccc1. The highest BCUT2D eigenvalue weighted by Gasteiger charge is 2.40. The molecule has 240 valence electrons. The maximum Gasteiger partial charge on any atom is 0.459 e. The number of benzene rings is 2. The molecule has 1 aromatic heterocycles. The van der Waals surface area contributed by atoms with Gasteiger partial charge in [-0.1, -0.05) is 48.5 Å². The maximum absolute atomic E-state index is 14.2. The van der Waals surface area contributed by atoms with E-state index in [-0.39, 0.29) is 30.8 Å². The van der Waals surface area contributed by atoms with Crippen LogP contribution >= 0.6 is 7.75 Å². The van der Waals surface area contributed by atoms with Crippen LogP contribution in [0.3, 0.4) is 0 Å². The molecular formula is C30H34N3O11P. The summed E-state index contributed by atoms with van der Waals surface area (Å²) in [6.07, 6.45) is 0.0692. The van der Waals surface area contributed by atoms with Gasteiger partial charge < -0.3 is 23.8 Å². The lowest BCUT2D eigenvalue weighted by atomic mass is 10.1. The lowest BCUT2D eigenvalue weighted by Gasteiger charge is -2.26. The number of carbonyl (C=O) groups excluding carboxylic acids is 2. The van der Waals surface area contributed by atoms with Gasteiger partial charge in [0, 0.05) is 18.7 Å². The van der Waals surface area contributed by atoms with E-state index in [1.807, 2.05) is 6.07 Å². The Labute approximate surface area is 258 Å². The summed E-state index contributed by atoms with van der Waals surface area (Å²) in [4.78, 5) is 51.3. The Hall–Kier alpha value is -4.33. The molecule has 1 unspecified atom stereocenters. The van der Waals surface area contributed by atoms with E-state index in [9.17, 15) is 28.8 Å². The van der Waals surface area contributed by atoms with Crippen LogP contribution in [0.2, 0.25) is 0 Å². The molecule has 1 aliphatic rings. The van der Waals surface area contributed by atoms with Crippen LogP contribution in [0.4, 0.5) is 0 Å². The average molecular weight is 644 g/mol. The first kappa shape index (κ1) is 33.6. The minimum Gasteiger partial charge on any atom is -0.466 e. The zero-order chi connectivity index (χ0) is 32.4. The number of nitrogens with one attached hydrogen (secondary N) is 2. The number of ether oxygens (including phenoxy) is 3. The Morgan fingerprint density at radius 1 is 1.16 bits per heavy atom. The first-order chi connectivity index (χ1) is 21.6. The summed E-state index contributed by atoms with van der Waals surface area (Å²) in [6, 6.07) is 16.1. The number of methoxy groups -OCH3 is 1. The van der Waals surface area contributed by atoms with Crippen LogP contribution in [0.1, 0.15) is 30.7 Å². The standard InChI is InChI=1S/C30H34N3O11P/c1-3-41-29(37)23(16-20-10-6-4-7-11-20)32-45(39,44-22-12-8-5-9-13-22)42-19-25-24(34)17-26(43-25)33-18-21(14-15-27(35)40-2)28(36)31-30(33)38/h4-15,18,23-26,34H,3,16-17,19H2,1-2H3,(H,32,39)(H,31,36,38)/b15-14+/t23-,24-,25+,26+,45?/m0/s1. The number of aliphatic hydroxyl groups excluding tert-OH is 1. The number of aromatic amines is 1. The number of rotatable bonds is 14. The van der Waals surface area contributed by atoms with Crippen molar-refractivity contribution in [2.45, 2.75) is 44.2 Å². The summed E-state index contributed by atoms with van der Waals surface area (Å²) in [6.45, 7) is 1.27. The molecule has 4 rings (SSSR count). The lowest BCUT2D eigenvalue weighted by Crippen LogP contribution is -2.40. The van der Waals surface area contributed by atoms with Crippen molar-refractivity contribution in [3.63, 3.8) is 0 Å². The Kier molecular flexibility index (Phi) is 11.6. The van der Waals surface area contributed by atoms with Crippen LogP contribution in [0.15, 0.2) is 82.5 Å². The number of aliphatic hydroxyl groups is 1. The van der Waals surface area contributed by atoms with E-state index in [0.717, 1.165) is 16.2 Å². The van der Waals surface area contributed by atoms with Gasteiger partial charge in [-0.05, 0) is 37.1 Å². The Balaban J connectivity index is 1.54. The van der Waals surface area contributed by atoms with Crippen molar-refractivity contribution in [3.05, 3.63) is 105 Å². The van der Waals surface area contributed by atoms with E-state index < -0.39 is 62.0 Å². The van der Waals surface area contributed by atoms with Gasteiger partial charge in [-0.3, -0.25) is 23.7 Å². The minimum absolute atomic E-state index is 0.0359. The summed E-state index contributed by atoms with van der Waals surface area (Å²) in [5.74, 6) is -1.19. The van der Waals surface area contributed by atoms with Crippen molar-refractivity contribution in [2.24, 2.45) is 0 Å². The third-order valence-corrected chi connectivity index (χ3v) is 8.22. The van der Waals surface area contributed by atoms with E-state index in [2.05, 4.69) is 14.8 Å². The van der Waals surface area contributed by atoms with E-state index in [0.29, 0.717) is 0 Å². The number of esters is 2. The molecule has 1 aliphatic heterocycles. The van der Waals surface area contributed by atoms with Gasteiger partial charge in [0.25, 0.3) is 5.56 Å². The van der Waals surface area contributed by atoms with Crippen molar-refractivity contribution in [1.82, 2.24) is 14.6 Å². The highest BCUT2D eigenvalue weighted by molar-refractivity contribution is 7.52. The Morgan fingerprint density at radius 3 is 2.51 bits per heavy atom. The summed E-state index contributed by atoms with van der Waals surface area (Å²) < 4.78 is 42.3. The molecule has 5 atom stereocenters. The Bertz CT molecular complexity index is 1640. The van der Waals surface area contributed by atoms with E-state index >= 15 is 0 Å². The molecule has 2 aromatic carbocycles. The van der Waals surface area contributed by atoms with Gasteiger partial charge in [0.1, 0.15) is 24.1 Å². The number of aromatic nitrogens is 2. The number of nitrogens with zero attached hydrogens (tertiary/aromatic N) is 1. The smallest absolute Gasteiger partial charge is 0.459 e. The summed E-state index contributed by atoms with van der Waals surface area (Å²) in [5.41, 5.74) is -0.830. The highest BCUT2D eigenvalue weighted by Crippen LogP contribution is 2.46. The van der Waals surface area contributed by atoms with Gasteiger partial charge in [-0.25, -0.2) is 14.2 Å². The molecule has 45 heavy (non-hydrogen) atoms. The van der Waals surface area contributed by atoms with Gasteiger partial charge in [0.2, 0.25) is 0 Å². The molecule has 1 saturated heterocycles. The molecule has 0 radical (unpaired) electrons. The van der Waals surface area contributed by atoms with Gasteiger partial charge in [-0.15, -0.1) is 0 Å². The zero-order valence-corrected chi connectivity index (χ0v) is 25.5. The quantitative estimate of drug-likeness (QED) is 0.133. The van der Waals surface area contributed by atoms with E-state index in [1.54, 1.807) is 61.5 Å². The normalized spacial score (nSPS) is 19.9. The second-order valence-corrected chi connectivity index (χ2v) is 11.6. The van der Waals surface area contributed by atoms with Gasteiger partial charge in [0.05, 0.1) is 32.0 Å². The van der Waals surface area contributed by atoms with Crippen molar-refractivity contribution in [2.75, 3.05) is 20.3 Å². The second kappa shape index (κ2) is 15.6. The van der Waals surface area contributed by atoms with Gasteiger partial charge in [0.15, 0.2) is 0 Å². The summed E-state index contributed by atoms with van der Waals surface area (Å²) in [7, 11) is -3.17. The summed E-state index contributed by atoms with van der Waals surface area (Å²) >= 11 is 0. The predicted octanol–water partition coefficient (Wildman–Crippen LogP) is 2.34. The molecule has 3 N–H and O–H groups in total. The molecule has 1 fully saturated rings. The molecule has 3 aromatic rings. The van der Waals surface area contributed by atoms with Crippen molar-refractivity contribution in [1.29, 1.82) is 0 Å². The second-order valence-electron chi connectivity index (χ2n) is 9.86. The third kappa shape index (κ3) is 9.33. The zero-order valence-electron chi connectivity index (χ0n) is 24.6. The van der Waals surface area contributed by atoms with Crippen LogP contribution in [-0.2, 0) is 39.3 Å². The molecule has 0 amide bonds. The van der Waals surface area contributed by atoms with Crippen molar-refractivity contribution >= 4 is 25.8 Å². The monoisotopic (exact) mass is 643 g/mol. The van der Waals surface area contributed by atoms with Crippen LogP contribution in [0.25, 0.3) is 6.08 Å². The molecular weight excluding hydrogens is 609 g/mol. The number of H-pyrrole nitrogens is 1. The highest BCUT2D eigenvalue weighted by atomic mass is 31.2. The van der Waals surface area contributed by atoms with E-state index in [1.165, 1.54) is 19.4 Å². The van der Waals surface area contributed by atoms with Crippen LogP contribution in [0.5, 0.6) is 5.75 Å². The predicted molar refractivity (Wildman–Crippen MR) is 161 cm³/mol. The molecule has 14 nitrogen and oxygen atoms in total. The van der Waals surface area contributed by atoms with Crippen LogP contribution in [0, 0.1) is 0 Å². The fourth-order valence-corrected chi connectivity index (χ4v) is 5.94. The first-order valence-electron chi connectivity index (χ1n) is 14.0. The summed E-state index contributed by atoms with van der Waals surface area (Å²) in [5, 5.41) is 13.5. The maximum atomic E-state index is 14.2. The third-order valence-electron chi connectivity index (χ3n) is 6.66. The molecule has 0 saturated carbocycles. The largest absolute Gasteiger partial charge is 0.466 e. The van der Waals surface area contributed by atoms with Crippen LogP contribution in [-0.4, -0.2) is 65.2 Å². The Morgan fingerprint density at radius 2 is 1.84 bits per heavy atom. The average Bonchev–Trinajstić information content (AvgIpc) is 3.40. The molecule has 0 bridgehead atoms. The molecule has 15 heteroatoms. The van der Waals surface area contributed by atoms with Gasteiger partial charge >= 0.3 is 25.4 Å². The fourth-order valence-electron chi connectivity index (χ4n) is 4.44. The number of para-hydroxylation sites is 1. The van der Waals surface area contributed by atoms with Gasteiger partial charge in [-0.2, -0.15) is 5.09 Å². The molecule has 0 spiro atoms. The first-order valence-corrected chi connectivity index (χ1v) is 15.6. The number of carbonyl (C=O) groups is 2. The van der Waals surface area contributed by atoms with E-state index in [4.69, 9.17) is 18.5 Å². The van der Waals surface area contributed by atoms with Crippen LogP contribution < -0.4 is 20.9 Å². The lowest BCUT2D eigenvalue weighted by molar-refractivity contribution is -0.145. The minimum atomic E-state index is -4.34. The van der Waals surface area contributed by atoms with Crippen molar-refractivity contribution in [3.8, 4) is 5.75 Å². The fraction of sp³-hybridized carbons (Fsp3) is 0.333. The molecule has 0 aliphatic carbocycles. The number of hydrogen-bond donors (Lipinski definition) is 3. The van der Waals surface area contributed by atoms with Crippen molar-refractivity contribution < 1.29 is 42.5 Å². The number of hydrogen-bond acceptors (Lipinski definition) is 11.